The van der Waals surface area contributed by atoms with Gasteiger partial charge in [0.2, 0.25) is 0 Å². The summed E-state index contributed by atoms with van der Waals surface area (Å²) in [7, 11) is 0.314. The van der Waals surface area contributed by atoms with E-state index in [9.17, 15) is 8.60 Å². The van der Waals surface area contributed by atoms with Crippen LogP contribution in [0, 0.1) is 17.1 Å². The van der Waals surface area contributed by atoms with Crippen LogP contribution in [0.5, 0.6) is 5.75 Å². The van der Waals surface area contributed by atoms with Gasteiger partial charge in [0.1, 0.15) is 17.6 Å². The van der Waals surface area contributed by atoms with Crippen LogP contribution in [0.15, 0.2) is 47.4 Å². The van der Waals surface area contributed by atoms with E-state index in [1.807, 2.05) is 0 Å². The summed E-state index contributed by atoms with van der Waals surface area (Å²) < 4.78 is 30.4. The molecule has 0 bridgehead atoms. The Kier molecular flexibility index (Phi) is 4.49. The Morgan fingerprint density at radius 3 is 2.55 bits per heavy atom. The molecule has 0 spiro atoms. The largest absolute Gasteiger partial charge is 0.497 e. The third kappa shape index (κ3) is 3.22. The number of ether oxygens (including phenoxy) is 1. The number of halogens is 1. The fraction of sp³-hybridized carbons (Fsp3) is 0.133. The van der Waals surface area contributed by atoms with E-state index in [0.29, 0.717) is 16.2 Å². The summed E-state index contributed by atoms with van der Waals surface area (Å²) >= 11 is 0. The topological polar surface area (TPSA) is 50.1 Å². The number of hydrogen-bond acceptors (Lipinski definition) is 3. The van der Waals surface area contributed by atoms with Crippen LogP contribution in [-0.2, 0) is 16.6 Å². The first-order valence-electron chi connectivity index (χ1n) is 5.85. The van der Waals surface area contributed by atoms with Crippen LogP contribution in [-0.4, -0.2) is 11.3 Å². The summed E-state index contributed by atoms with van der Waals surface area (Å²) in [5.74, 6) is 0.368. The van der Waals surface area contributed by atoms with Gasteiger partial charge in [-0.25, -0.2) is 4.39 Å². The SMILES string of the molecule is COc1ccc(S(=O)Cc2ccc(F)c(C#N)c2)cc1. The van der Waals surface area contributed by atoms with E-state index in [2.05, 4.69) is 0 Å². The van der Waals surface area contributed by atoms with Crippen LogP contribution < -0.4 is 4.74 Å². The molecule has 102 valence electrons. The van der Waals surface area contributed by atoms with Gasteiger partial charge < -0.3 is 4.74 Å². The maximum atomic E-state index is 13.2. The zero-order valence-electron chi connectivity index (χ0n) is 10.8. The van der Waals surface area contributed by atoms with E-state index in [1.165, 1.54) is 18.2 Å². The lowest BCUT2D eigenvalue weighted by molar-refractivity contribution is 0.414. The molecule has 3 nitrogen and oxygen atoms in total. The summed E-state index contributed by atoms with van der Waals surface area (Å²) in [6.45, 7) is 0. The van der Waals surface area contributed by atoms with Crippen LogP contribution in [0.4, 0.5) is 4.39 Å². The minimum absolute atomic E-state index is 0.0331. The average Bonchev–Trinajstić information content (AvgIpc) is 2.49. The van der Waals surface area contributed by atoms with Crippen molar-refractivity contribution in [2.24, 2.45) is 0 Å². The van der Waals surface area contributed by atoms with Crippen molar-refractivity contribution in [2.75, 3.05) is 7.11 Å². The number of hydrogen-bond donors (Lipinski definition) is 0. The number of nitriles is 1. The molecule has 2 rings (SSSR count). The average molecular weight is 289 g/mol. The molecule has 0 heterocycles. The van der Waals surface area contributed by atoms with Gasteiger partial charge >= 0.3 is 0 Å². The fourth-order valence-electron chi connectivity index (χ4n) is 1.71. The zero-order chi connectivity index (χ0) is 14.5. The van der Waals surface area contributed by atoms with Gasteiger partial charge in [0.15, 0.2) is 0 Å². The predicted octanol–water partition coefficient (Wildman–Crippen LogP) is 3.01. The van der Waals surface area contributed by atoms with Gasteiger partial charge in [0.05, 0.1) is 29.2 Å². The van der Waals surface area contributed by atoms with E-state index < -0.39 is 16.6 Å². The molecule has 1 unspecified atom stereocenters. The molecule has 0 N–H and O–H groups in total. The number of nitrogens with zero attached hydrogens (tertiary/aromatic N) is 1. The molecule has 0 fully saturated rings. The molecule has 0 saturated heterocycles. The second-order valence-corrected chi connectivity index (χ2v) is 5.54. The summed E-state index contributed by atoms with van der Waals surface area (Å²) in [6, 6.07) is 12.9. The zero-order valence-corrected chi connectivity index (χ0v) is 11.6. The molecule has 2 aromatic rings. The van der Waals surface area contributed by atoms with Gasteiger partial charge in [-0.3, -0.25) is 4.21 Å². The molecule has 0 aromatic heterocycles. The van der Waals surface area contributed by atoms with Crippen LogP contribution in [0.25, 0.3) is 0 Å². The molecule has 2 aromatic carbocycles. The molecule has 5 heteroatoms. The summed E-state index contributed by atoms with van der Waals surface area (Å²) in [5, 5.41) is 8.77. The van der Waals surface area contributed by atoms with Crippen molar-refractivity contribution in [3.8, 4) is 11.8 Å². The predicted molar refractivity (Wildman–Crippen MR) is 74.2 cm³/mol. The van der Waals surface area contributed by atoms with E-state index in [-0.39, 0.29) is 11.3 Å². The summed E-state index contributed by atoms with van der Waals surface area (Å²) in [5.41, 5.74) is 0.631. The second-order valence-electron chi connectivity index (χ2n) is 4.09. The molecular formula is C15H12FNO2S. The standard InChI is InChI=1S/C15H12FNO2S/c1-19-13-3-5-14(6-4-13)20(18)10-11-2-7-15(16)12(8-11)9-17/h2-8H,10H2,1H3. The highest BCUT2D eigenvalue weighted by atomic mass is 32.2. The molecule has 0 amide bonds. The van der Waals surface area contributed by atoms with Crippen LogP contribution in [0.2, 0.25) is 0 Å². The fourth-order valence-corrected chi connectivity index (χ4v) is 2.80. The van der Waals surface area contributed by atoms with Gasteiger partial charge in [0.25, 0.3) is 0 Å². The lowest BCUT2D eigenvalue weighted by atomic mass is 10.1. The number of benzene rings is 2. The lowest BCUT2D eigenvalue weighted by Crippen LogP contribution is -1.98. The Balaban J connectivity index is 2.17. The smallest absolute Gasteiger partial charge is 0.140 e. The molecule has 0 radical (unpaired) electrons. The van der Waals surface area contributed by atoms with E-state index >= 15 is 0 Å². The van der Waals surface area contributed by atoms with Crippen LogP contribution in [0.1, 0.15) is 11.1 Å². The van der Waals surface area contributed by atoms with Crippen molar-refractivity contribution in [2.45, 2.75) is 10.6 Å². The third-order valence-corrected chi connectivity index (χ3v) is 4.16. The van der Waals surface area contributed by atoms with Gasteiger partial charge in [-0.2, -0.15) is 5.26 Å². The third-order valence-electron chi connectivity index (χ3n) is 2.77. The Morgan fingerprint density at radius 1 is 1.25 bits per heavy atom. The minimum atomic E-state index is -1.25. The highest BCUT2D eigenvalue weighted by Gasteiger charge is 2.08. The Labute approximate surface area is 119 Å². The molecule has 20 heavy (non-hydrogen) atoms. The Hall–Kier alpha value is -2.19. The van der Waals surface area contributed by atoms with Crippen molar-refractivity contribution < 1.29 is 13.3 Å². The van der Waals surface area contributed by atoms with Gasteiger partial charge in [-0.05, 0) is 42.0 Å². The van der Waals surface area contributed by atoms with Crippen LogP contribution >= 0.6 is 0 Å². The first-order chi connectivity index (χ1) is 9.63. The summed E-state index contributed by atoms with van der Waals surface area (Å²) in [6.07, 6.45) is 0. The second kappa shape index (κ2) is 6.31. The highest BCUT2D eigenvalue weighted by Crippen LogP contribution is 2.18. The van der Waals surface area contributed by atoms with E-state index in [4.69, 9.17) is 10.00 Å². The Bertz CT molecular complexity index is 677. The molecule has 1 atom stereocenters. The first-order valence-corrected chi connectivity index (χ1v) is 7.17. The summed E-state index contributed by atoms with van der Waals surface area (Å²) in [4.78, 5) is 0.661. The van der Waals surface area contributed by atoms with Crippen molar-refractivity contribution >= 4 is 10.8 Å². The minimum Gasteiger partial charge on any atom is -0.497 e. The highest BCUT2D eigenvalue weighted by molar-refractivity contribution is 7.84. The van der Waals surface area contributed by atoms with Crippen molar-refractivity contribution in [1.82, 2.24) is 0 Å². The molecule has 0 aliphatic rings. The van der Waals surface area contributed by atoms with Crippen LogP contribution in [0.3, 0.4) is 0 Å². The lowest BCUT2D eigenvalue weighted by Gasteiger charge is -2.05. The monoisotopic (exact) mass is 289 g/mol. The van der Waals surface area contributed by atoms with Gasteiger partial charge in [-0.15, -0.1) is 0 Å². The number of rotatable bonds is 4. The van der Waals surface area contributed by atoms with E-state index in [1.54, 1.807) is 37.4 Å². The normalized spacial score (nSPS) is 11.7. The molecular weight excluding hydrogens is 277 g/mol. The molecule has 0 aliphatic carbocycles. The number of methoxy groups -OCH3 is 1. The van der Waals surface area contributed by atoms with E-state index in [0.717, 1.165) is 0 Å². The molecule has 0 aliphatic heterocycles. The maximum Gasteiger partial charge on any atom is 0.140 e. The van der Waals surface area contributed by atoms with Crippen molar-refractivity contribution in [1.29, 1.82) is 5.26 Å². The maximum absolute atomic E-state index is 13.2. The van der Waals surface area contributed by atoms with Gasteiger partial charge in [0, 0.05) is 4.90 Å². The quantitative estimate of drug-likeness (QED) is 0.869. The van der Waals surface area contributed by atoms with Crippen molar-refractivity contribution in [3.05, 3.63) is 59.4 Å². The first kappa shape index (κ1) is 14.2. The van der Waals surface area contributed by atoms with Gasteiger partial charge in [-0.1, -0.05) is 6.07 Å². The van der Waals surface area contributed by atoms with Crippen molar-refractivity contribution in [3.63, 3.8) is 0 Å². The Morgan fingerprint density at radius 2 is 1.95 bits per heavy atom. The molecule has 0 saturated carbocycles.